The second-order valence-corrected chi connectivity index (χ2v) is 8.54. The highest BCUT2D eigenvalue weighted by Gasteiger charge is 2.43. The van der Waals surface area contributed by atoms with Gasteiger partial charge >= 0.3 is 0 Å². The van der Waals surface area contributed by atoms with Gasteiger partial charge in [0.1, 0.15) is 17.5 Å². The second-order valence-electron chi connectivity index (χ2n) is 8.54. The average molecular weight is 414 g/mol. The Hall–Kier alpha value is -2.80. The lowest BCUT2D eigenvalue weighted by atomic mass is 9.70. The van der Waals surface area contributed by atoms with Crippen LogP contribution in [0, 0.1) is 23.4 Å². The van der Waals surface area contributed by atoms with Gasteiger partial charge in [-0.1, -0.05) is 0 Å². The van der Waals surface area contributed by atoms with Crippen molar-refractivity contribution in [3.05, 3.63) is 59.4 Å². The number of halogens is 3. The Labute approximate surface area is 171 Å². The van der Waals surface area contributed by atoms with Gasteiger partial charge in [-0.2, -0.15) is 0 Å². The lowest BCUT2D eigenvalue weighted by Gasteiger charge is -2.35. The van der Waals surface area contributed by atoms with Crippen LogP contribution in [0.25, 0.3) is 22.2 Å². The molecule has 3 N–H and O–H groups in total. The van der Waals surface area contributed by atoms with Crippen LogP contribution in [-0.2, 0) is 4.79 Å². The van der Waals surface area contributed by atoms with Crippen molar-refractivity contribution in [2.24, 2.45) is 5.92 Å². The van der Waals surface area contributed by atoms with Crippen LogP contribution < -0.4 is 5.32 Å². The van der Waals surface area contributed by atoms with Crippen molar-refractivity contribution >= 4 is 16.8 Å². The molecule has 1 aromatic heterocycles. The Bertz CT molecular complexity index is 1130. The molecule has 0 atom stereocenters. The zero-order valence-electron chi connectivity index (χ0n) is 16.1. The third-order valence-corrected chi connectivity index (χ3v) is 6.33. The molecule has 5 rings (SSSR count). The monoisotopic (exact) mass is 414 g/mol. The van der Waals surface area contributed by atoms with Crippen LogP contribution in [0.1, 0.15) is 37.2 Å². The molecule has 2 aromatic carbocycles. The van der Waals surface area contributed by atoms with Gasteiger partial charge in [0.05, 0.1) is 16.8 Å². The lowest BCUT2D eigenvalue weighted by Crippen LogP contribution is -2.41. The third kappa shape index (κ3) is 3.37. The van der Waals surface area contributed by atoms with Crippen LogP contribution in [0.2, 0.25) is 0 Å². The minimum Gasteiger partial charge on any atom is -0.388 e. The van der Waals surface area contributed by atoms with Crippen LogP contribution in [-0.4, -0.2) is 28.1 Å². The van der Waals surface area contributed by atoms with E-state index in [1.807, 2.05) is 0 Å². The van der Waals surface area contributed by atoms with Crippen LogP contribution in [0.3, 0.4) is 0 Å². The number of aliphatic hydroxyl groups is 1. The minimum absolute atomic E-state index is 0.0558. The fourth-order valence-electron chi connectivity index (χ4n) is 4.29. The molecule has 0 spiro atoms. The summed E-state index contributed by atoms with van der Waals surface area (Å²) in [6, 6.07) is 7.96. The first kappa shape index (κ1) is 19.2. The number of amides is 1. The van der Waals surface area contributed by atoms with Crippen molar-refractivity contribution < 1.29 is 23.1 Å². The molecule has 3 aromatic rings. The number of hydrogen-bond donors (Lipinski definition) is 3. The summed E-state index contributed by atoms with van der Waals surface area (Å²) in [6.45, 7) is 0.261. The normalized spacial score (nSPS) is 22.0. The van der Waals surface area contributed by atoms with Crippen molar-refractivity contribution in [2.45, 2.75) is 37.2 Å². The highest BCUT2D eigenvalue weighted by atomic mass is 19.1. The van der Waals surface area contributed by atoms with Crippen LogP contribution in [0.15, 0.2) is 36.4 Å². The summed E-state index contributed by atoms with van der Waals surface area (Å²) in [6.07, 6.45) is 2.50. The molecule has 1 amide bonds. The van der Waals surface area contributed by atoms with Crippen molar-refractivity contribution in [1.29, 1.82) is 0 Å². The van der Waals surface area contributed by atoms with E-state index in [2.05, 4.69) is 10.3 Å². The Morgan fingerprint density at radius 2 is 1.80 bits per heavy atom. The smallest absolute Gasteiger partial charge is 0.223 e. The fraction of sp³-hybridized carbons (Fsp3) is 0.348. The van der Waals surface area contributed by atoms with E-state index < -0.39 is 17.2 Å². The van der Waals surface area contributed by atoms with Gasteiger partial charge < -0.3 is 15.4 Å². The predicted octanol–water partition coefficient (Wildman–Crippen LogP) is 4.39. The third-order valence-electron chi connectivity index (χ3n) is 6.33. The lowest BCUT2D eigenvalue weighted by molar-refractivity contribution is -0.128. The molecule has 2 fully saturated rings. The van der Waals surface area contributed by atoms with Gasteiger partial charge in [-0.3, -0.25) is 4.79 Å². The van der Waals surface area contributed by atoms with Crippen molar-refractivity contribution in [1.82, 2.24) is 10.3 Å². The summed E-state index contributed by atoms with van der Waals surface area (Å²) < 4.78 is 41.7. The summed E-state index contributed by atoms with van der Waals surface area (Å²) in [5, 5.41) is 13.1. The van der Waals surface area contributed by atoms with Crippen molar-refractivity contribution in [2.75, 3.05) is 6.54 Å². The molecule has 7 heteroatoms. The number of H-pyrrole nitrogens is 1. The first-order chi connectivity index (χ1) is 14.3. The molecule has 0 aliphatic heterocycles. The van der Waals surface area contributed by atoms with Gasteiger partial charge in [-0.05, 0) is 73.1 Å². The SMILES string of the molecule is O=C(NCC1(O)CC1)C1CC(c2c(-c3ccc(F)cc3)[nH]c3c(F)cc(F)cc23)C1. The summed E-state index contributed by atoms with van der Waals surface area (Å²) in [4.78, 5) is 15.4. The number of benzene rings is 2. The molecular weight excluding hydrogens is 393 g/mol. The van der Waals surface area contributed by atoms with Gasteiger partial charge in [0.15, 0.2) is 0 Å². The summed E-state index contributed by atoms with van der Waals surface area (Å²) in [7, 11) is 0. The highest BCUT2D eigenvalue weighted by Crippen LogP contribution is 2.48. The highest BCUT2D eigenvalue weighted by molar-refractivity contribution is 5.92. The number of aromatic amines is 1. The molecule has 156 valence electrons. The average Bonchev–Trinajstić information content (AvgIpc) is 3.29. The first-order valence-corrected chi connectivity index (χ1v) is 10.1. The van der Waals surface area contributed by atoms with E-state index >= 15 is 0 Å². The molecule has 2 saturated carbocycles. The largest absolute Gasteiger partial charge is 0.388 e. The van der Waals surface area contributed by atoms with E-state index in [0.717, 1.165) is 11.6 Å². The van der Waals surface area contributed by atoms with E-state index in [1.165, 1.54) is 18.2 Å². The van der Waals surface area contributed by atoms with Gasteiger partial charge in [0.2, 0.25) is 5.91 Å². The van der Waals surface area contributed by atoms with E-state index in [4.69, 9.17) is 0 Å². The van der Waals surface area contributed by atoms with E-state index in [0.29, 0.717) is 42.3 Å². The molecule has 2 aliphatic carbocycles. The van der Waals surface area contributed by atoms with E-state index in [9.17, 15) is 23.1 Å². The Balaban J connectivity index is 1.45. The summed E-state index contributed by atoms with van der Waals surface area (Å²) >= 11 is 0. The van der Waals surface area contributed by atoms with Gasteiger partial charge in [0, 0.05) is 23.9 Å². The molecule has 0 bridgehead atoms. The number of nitrogens with one attached hydrogen (secondary N) is 2. The Kier molecular flexibility index (Phi) is 4.39. The summed E-state index contributed by atoms with van der Waals surface area (Å²) in [5.41, 5.74) is 1.49. The van der Waals surface area contributed by atoms with Crippen LogP contribution in [0.4, 0.5) is 13.2 Å². The standard InChI is InChI=1S/C23H21F3N2O2/c24-15-3-1-12(2-4-15)20-19(17-9-16(25)10-18(26)21(17)28-20)13-7-14(8-13)22(29)27-11-23(30)5-6-23/h1-4,9-10,13-14,28,30H,5-8,11H2,(H,27,29). The van der Waals surface area contributed by atoms with Gasteiger partial charge in [0.25, 0.3) is 0 Å². The molecular formula is C23H21F3N2O2. The molecule has 30 heavy (non-hydrogen) atoms. The van der Waals surface area contributed by atoms with E-state index in [-0.39, 0.29) is 35.6 Å². The maximum absolute atomic E-state index is 14.4. The molecule has 2 aliphatic rings. The number of fused-ring (bicyclic) bond motifs is 1. The number of aromatic nitrogens is 1. The topological polar surface area (TPSA) is 65.1 Å². The van der Waals surface area contributed by atoms with Crippen molar-refractivity contribution in [3.63, 3.8) is 0 Å². The Morgan fingerprint density at radius 3 is 2.47 bits per heavy atom. The molecule has 0 unspecified atom stereocenters. The quantitative estimate of drug-likeness (QED) is 0.580. The number of carbonyl (C=O) groups is 1. The van der Waals surface area contributed by atoms with Crippen LogP contribution in [0.5, 0.6) is 0 Å². The molecule has 0 radical (unpaired) electrons. The maximum Gasteiger partial charge on any atom is 0.223 e. The van der Waals surface area contributed by atoms with Gasteiger partial charge in [-0.15, -0.1) is 0 Å². The zero-order chi connectivity index (χ0) is 21.0. The minimum atomic E-state index is -0.750. The van der Waals surface area contributed by atoms with Crippen molar-refractivity contribution in [3.8, 4) is 11.3 Å². The van der Waals surface area contributed by atoms with Gasteiger partial charge in [-0.25, -0.2) is 13.2 Å². The number of hydrogen-bond acceptors (Lipinski definition) is 2. The number of rotatable bonds is 5. The second kappa shape index (κ2) is 6.87. The first-order valence-electron chi connectivity index (χ1n) is 10.1. The van der Waals surface area contributed by atoms with Crippen LogP contribution >= 0.6 is 0 Å². The number of carbonyl (C=O) groups excluding carboxylic acids is 1. The Morgan fingerprint density at radius 1 is 1.10 bits per heavy atom. The molecule has 4 nitrogen and oxygen atoms in total. The molecule has 1 heterocycles. The predicted molar refractivity (Wildman–Crippen MR) is 106 cm³/mol. The zero-order valence-corrected chi connectivity index (χ0v) is 16.1. The summed E-state index contributed by atoms with van der Waals surface area (Å²) in [5.74, 6) is -2.11. The van der Waals surface area contributed by atoms with E-state index in [1.54, 1.807) is 12.1 Å². The molecule has 0 saturated heterocycles. The fourth-order valence-corrected chi connectivity index (χ4v) is 4.29. The maximum atomic E-state index is 14.4.